The maximum Gasteiger partial charge on any atom is 0.303 e. The van der Waals surface area contributed by atoms with Crippen LogP contribution in [0.4, 0.5) is 5.82 Å². The summed E-state index contributed by atoms with van der Waals surface area (Å²) >= 11 is 0. The Kier molecular flexibility index (Phi) is 6.42. The third kappa shape index (κ3) is 5.64. The summed E-state index contributed by atoms with van der Waals surface area (Å²) in [5, 5.41) is 22.0. The van der Waals surface area contributed by atoms with E-state index in [1.54, 1.807) is 12.1 Å². The van der Waals surface area contributed by atoms with Gasteiger partial charge in [0.05, 0.1) is 0 Å². The predicted octanol–water partition coefficient (Wildman–Crippen LogP) is 1.14. The van der Waals surface area contributed by atoms with Crippen LogP contribution in [0.5, 0.6) is 0 Å². The molecule has 1 heterocycles. The molecule has 20 heavy (non-hydrogen) atoms. The predicted molar refractivity (Wildman–Crippen MR) is 74.6 cm³/mol. The van der Waals surface area contributed by atoms with E-state index in [9.17, 15) is 9.59 Å². The van der Waals surface area contributed by atoms with Gasteiger partial charge < -0.3 is 15.7 Å². The molecule has 3 N–H and O–H groups in total. The minimum absolute atomic E-state index is 0.157. The Morgan fingerprint density at radius 1 is 1.35 bits per heavy atom. The van der Waals surface area contributed by atoms with Crippen molar-refractivity contribution in [3.63, 3.8) is 0 Å². The van der Waals surface area contributed by atoms with Gasteiger partial charge in [-0.15, -0.1) is 10.2 Å². The summed E-state index contributed by atoms with van der Waals surface area (Å²) in [6.07, 6.45) is 0.761. The monoisotopic (exact) mass is 280 g/mol. The van der Waals surface area contributed by atoms with Crippen molar-refractivity contribution < 1.29 is 14.7 Å². The van der Waals surface area contributed by atoms with Crippen molar-refractivity contribution in [2.45, 2.75) is 26.7 Å². The number of aliphatic carboxylic acids is 1. The van der Waals surface area contributed by atoms with Crippen molar-refractivity contribution >= 4 is 17.7 Å². The fourth-order valence-corrected chi connectivity index (χ4v) is 1.55. The van der Waals surface area contributed by atoms with E-state index in [4.69, 9.17) is 5.11 Å². The zero-order valence-corrected chi connectivity index (χ0v) is 11.7. The highest BCUT2D eigenvalue weighted by atomic mass is 16.4. The van der Waals surface area contributed by atoms with Gasteiger partial charge in [-0.3, -0.25) is 9.59 Å². The molecule has 1 aromatic heterocycles. The summed E-state index contributed by atoms with van der Waals surface area (Å²) in [6, 6.07) is 3.28. The molecule has 0 radical (unpaired) electrons. The SMILES string of the molecule is CCNC(=O)c1ccc(NCC(C)CCC(=O)O)nn1. The maximum atomic E-state index is 11.5. The van der Waals surface area contributed by atoms with Crippen molar-refractivity contribution in [2.75, 3.05) is 18.4 Å². The number of carboxylic acid groups (broad SMARTS) is 1. The van der Waals surface area contributed by atoms with Crippen LogP contribution in [0.25, 0.3) is 0 Å². The fraction of sp³-hybridized carbons (Fsp3) is 0.538. The molecule has 0 saturated heterocycles. The van der Waals surface area contributed by atoms with E-state index in [0.29, 0.717) is 25.3 Å². The van der Waals surface area contributed by atoms with Gasteiger partial charge >= 0.3 is 5.97 Å². The first-order chi connectivity index (χ1) is 9.52. The van der Waals surface area contributed by atoms with E-state index in [1.165, 1.54) is 0 Å². The number of hydrogen-bond donors (Lipinski definition) is 3. The summed E-state index contributed by atoms with van der Waals surface area (Å²) in [7, 11) is 0. The number of anilines is 1. The second kappa shape index (κ2) is 8.08. The van der Waals surface area contributed by atoms with Crippen LogP contribution in [0.2, 0.25) is 0 Å². The van der Waals surface area contributed by atoms with Crippen LogP contribution in [-0.2, 0) is 4.79 Å². The zero-order chi connectivity index (χ0) is 15.0. The number of rotatable bonds is 8. The molecule has 110 valence electrons. The highest BCUT2D eigenvalue weighted by molar-refractivity contribution is 5.92. The first-order valence-electron chi connectivity index (χ1n) is 6.60. The van der Waals surface area contributed by atoms with Crippen molar-refractivity contribution in [1.82, 2.24) is 15.5 Å². The molecule has 0 fully saturated rings. The van der Waals surface area contributed by atoms with Gasteiger partial charge in [0.1, 0.15) is 5.82 Å². The van der Waals surface area contributed by atoms with Crippen molar-refractivity contribution in [2.24, 2.45) is 5.92 Å². The Morgan fingerprint density at radius 3 is 2.65 bits per heavy atom. The number of amides is 1. The van der Waals surface area contributed by atoms with Gasteiger partial charge in [-0.05, 0) is 31.4 Å². The third-order valence-corrected chi connectivity index (χ3v) is 2.72. The van der Waals surface area contributed by atoms with Crippen molar-refractivity contribution in [3.8, 4) is 0 Å². The van der Waals surface area contributed by atoms with Crippen LogP contribution in [0.15, 0.2) is 12.1 Å². The van der Waals surface area contributed by atoms with Crippen LogP contribution in [0, 0.1) is 5.92 Å². The molecule has 1 atom stereocenters. The van der Waals surface area contributed by atoms with Crippen LogP contribution in [-0.4, -0.2) is 40.3 Å². The number of carbonyl (C=O) groups is 2. The van der Waals surface area contributed by atoms with Gasteiger partial charge in [-0.1, -0.05) is 6.92 Å². The standard InChI is InChI=1S/C13H20N4O3/c1-3-14-13(20)10-5-6-11(17-16-10)15-8-9(2)4-7-12(18)19/h5-6,9H,3-4,7-8H2,1-2H3,(H,14,20)(H,15,17)(H,18,19). The number of nitrogens with one attached hydrogen (secondary N) is 2. The number of aromatic nitrogens is 2. The molecule has 0 aliphatic rings. The molecular formula is C13H20N4O3. The molecule has 1 unspecified atom stereocenters. The lowest BCUT2D eigenvalue weighted by Gasteiger charge is -2.11. The van der Waals surface area contributed by atoms with E-state index in [1.807, 2.05) is 13.8 Å². The molecule has 0 bridgehead atoms. The summed E-state index contributed by atoms with van der Waals surface area (Å²) < 4.78 is 0. The summed E-state index contributed by atoms with van der Waals surface area (Å²) in [5.74, 6) is -0.250. The Bertz CT molecular complexity index is 447. The highest BCUT2D eigenvalue weighted by Gasteiger charge is 2.08. The van der Waals surface area contributed by atoms with Gasteiger partial charge in [0, 0.05) is 19.5 Å². The normalized spacial score (nSPS) is 11.7. The third-order valence-electron chi connectivity index (χ3n) is 2.72. The zero-order valence-electron chi connectivity index (χ0n) is 11.7. The quantitative estimate of drug-likeness (QED) is 0.659. The lowest BCUT2D eigenvalue weighted by molar-refractivity contribution is -0.137. The number of nitrogens with zero attached hydrogens (tertiary/aromatic N) is 2. The molecule has 0 aliphatic heterocycles. The number of carboxylic acids is 1. The van der Waals surface area contributed by atoms with E-state index < -0.39 is 5.97 Å². The summed E-state index contributed by atoms with van der Waals surface area (Å²) in [4.78, 5) is 21.9. The lowest BCUT2D eigenvalue weighted by atomic mass is 10.1. The molecule has 1 amide bonds. The first-order valence-corrected chi connectivity index (χ1v) is 6.60. The Labute approximate surface area is 117 Å². The van der Waals surface area contributed by atoms with Gasteiger partial charge in [0.25, 0.3) is 5.91 Å². The molecule has 7 nitrogen and oxygen atoms in total. The Hall–Kier alpha value is -2.18. The molecule has 1 aromatic rings. The van der Waals surface area contributed by atoms with Crippen LogP contribution >= 0.6 is 0 Å². The smallest absolute Gasteiger partial charge is 0.303 e. The fourth-order valence-electron chi connectivity index (χ4n) is 1.55. The van der Waals surface area contributed by atoms with Crippen molar-refractivity contribution in [3.05, 3.63) is 17.8 Å². The number of hydrogen-bond acceptors (Lipinski definition) is 5. The van der Waals surface area contributed by atoms with Crippen LogP contribution in [0.3, 0.4) is 0 Å². The van der Waals surface area contributed by atoms with Crippen LogP contribution < -0.4 is 10.6 Å². The topological polar surface area (TPSA) is 104 Å². The largest absolute Gasteiger partial charge is 0.481 e. The van der Waals surface area contributed by atoms with Gasteiger partial charge in [-0.25, -0.2) is 0 Å². The van der Waals surface area contributed by atoms with E-state index in [0.717, 1.165) is 0 Å². The van der Waals surface area contributed by atoms with E-state index >= 15 is 0 Å². The first kappa shape index (κ1) is 15.9. The molecular weight excluding hydrogens is 260 g/mol. The minimum Gasteiger partial charge on any atom is -0.481 e. The van der Waals surface area contributed by atoms with E-state index in [-0.39, 0.29) is 23.9 Å². The molecule has 0 saturated carbocycles. The second-order valence-corrected chi connectivity index (χ2v) is 4.58. The van der Waals surface area contributed by atoms with Gasteiger partial charge in [0.2, 0.25) is 0 Å². The summed E-state index contributed by atoms with van der Waals surface area (Å²) in [6.45, 7) is 4.95. The molecule has 0 aliphatic carbocycles. The molecule has 1 rings (SSSR count). The lowest BCUT2D eigenvalue weighted by Crippen LogP contribution is -2.24. The van der Waals surface area contributed by atoms with Crippen LogP contribution in [0.1, 0.15) is 37.2 Å². The van der Waals surface area contributed by atoms with E-state index in [2.05, 4.69) is 20.8 Å². The number of carbonyl (C=O) groups excluding carboxylic acids is 1. The molecule has 0 aromatic carbocycles. The summed E-state index contributed by atoms with van der Waals surface area (Å²) in [5.41, 5.74) is 0.274. The average Bonchev–Trinajstić information content (AvgIpc) is 2.43. The van der Waals surface area contributed by atoms with Gasteiger partial charge in [0.15, 0.2) is 5.69 Å². The molecule has 0 spiro atoms. The van der Waals surface area contributed by atoms with Crippen molar-refractivity contribution in [1.29, 1.82) is 0 Å². The highest BCUT2D eigenvalue weighted by Crippen LogP contribution is 2.08. The Morgan fingerprint density at radius 2 is 2.10 bits per heavy atom. The van der Waals surface area contributed by atoms with Gasteiger partial charge in [-0.2, -0.15) is 0 Å². The Balaban J connectivity index is 2.41. The minimum atomic E-state index is -0.789. The average molecular weight is 280 g/mol. The molecule has 7 heteroatoms. The maximum absolute atomic E-state index is 11.5. The second-order valence-electron chi connectivity index (χ2n) is 4.58.